The summed E-state index contributed by atoms with van der Waals surface area (Å²) in [5.41, 5.74) is 3.87. The highest BCUT2D eigenvalue weighted by Crippen LogP contribution is 2.25. The molecule has 0 saturated carbocycles. The van der Waals surface area contributed by atoms with Gasteiger partial charge in [0.1, 0.15) is 0 Å². The van der Waals surface area contributed by atoms with Gasteiger partial charge in [-0.05, 0) is 23.1 Å². The van der Waals surface area contributed by atoms with Crippen LogP contribution in [0.4, 0.5) is 0 Å². The van der Waals surface area contributed by atoms with Gasteiger partial charge in [0, 0.05) is 26.2 Å². The SMILES string of the molecule is CC(C)(C)c1ccc2ncn(CCN3CCOCC3)c2c1. The molecule has 2 aromatic rings. The summed E-state index contributed by atoms with van der Waals surface area (Å²) in [6, 6.07) is 6.63. The lowest BCUT2D eigenvalue weighted by atomic mass is 9.87. The molecule has 1 aromatic carbocycles. The van der Waals surface area contributed by atoms with Crippen LogP contribution < -0.4 is 0 Å². The maximum atomic E-state index is 5.40. The number of hydrogen-bond donors (Lipinski definition) is 0. The number of ether oxygens (including phenoxy) is 1. The van der Waals surface area contributed by atoms with E-state index in [0.29, 0.717) is 0 Å². The third-order valence-electron chi connectivity index (χ3n) is 4.25. The number of fused-ring (bicyclic) bond motifs is 1. The van der Waals surface area contributed by atoms with Crippen molar-refractivity contribution in [3.05, 3.63) is 30.1 Å². The normalized spacial score (nSPS) is 17.5. The predicted molar refractivity (Wildman–Crippen MR) is 85.7 cm³/mol. The number of morpholine rings is 1. The van der Waals surface area contributed by atoms with Crippen molar-refractivity contribution in [2.24, 2.45) is 0 Å². The molecule has 0 atom stereocenters. The smallest absolute Gasteiger partial charge is 0.0958 e. The average Bonchev–Trinajstić information content (AvgIpc) is 2.87. The third-order valence-corrected chi connectivity index (χ3v) is 4.25. The van der Waals surface area contributed by atoms with Crippen LogP contribution in [-0.4, -0.2) is 47.3 Å². The second-order valence-electron chi connectivity index (χ2n) is 6.85. The average molecular weight is 287 g/mol. The maximum Gasteiger partial charge on any atom is 0.0958 e. The van der Waals surface area contributed by atoms with Crippen molar-refractivity contribution in [1.29, 1.82) is 0 Å². The van der Waals surface area contributed by atoms with E-state index in [9.17, 15) is 0 Å². The molecule has 21 heavy (non-hydrogen) atoms. The minimum absolute atomic E-state index is 0.174. The molecule has 1 aliphatic rings. The van der Waals surface area contributed by atoms with E-state index >= 15 is 0 Å². The van der Waals surface area contributed by atoms with E-state index in [2.05, 4.69) is 53.4 Å². The largest absolute Gasteiger partial charge is 0.379 e. The number of rotatable bonds is 3. The zero-order valence-corrected chi connectivity index (χ0v) is 13.3. The Morgan fingerprint density at radius 1 is 1.14 bits per heavy atom. The van der Waals surface area contributed by atoms with Crippen LogP contribution in [0.3, 0.4) is 0 Å². The van der Waals surface area contributed by atoms with E-state index in [0.717, 1.165) is 44.9 Å². The number of aromatic nitrogens is 2. The van der Waals surface area contributed by atoms with Crippen LogP contribution in [0.5, 0.6) is 0 Å². The summed E-state index contributed by atoms with van der Waals surface area (Å²) in [5.74, 6) is 0. The fraction of sp³-hybridized carbons (Fsp3) is 0.588. The van der Waals surface area contributed by atoms with Crippen LogP contribution in [0, 0.1) is 0 Å². The number of nitrogens with zero attached hydrogens (tertiary/aromatic N) is 3. The molecule has 0 unspecified atom stereocenters. The predicted octanol–water partition coefficient (Wildman–Crippen LogP) is 2.67. The Balaban J connectivity index is 1.78. The first-order valence-corrected chi connectivity index (χ1v) is 7.79. The molecule has 4 nitrogen and oxygen atoms in total. The van der Waals surface area contributed by atoms with Crippen molar-refractivity contribution in [1.82, 2.24) is 14.5 Å². The standard InChI is InChI=1S/C17H25N3O/c1-17(2,3)14-4-5-15-16(12-14)20(13-18-15)7-6-19-8-10-21-11-9-19/h4-5,12-13H,6-11H2,1-3H3. The molecule has 2 heterocycles. The third kappa shape index (κ3) is 3.27. The Kier molecular flexibility index (Phi) is 4.00. The summed E-state index contributed by atoms with van der Waals surface area (Å²) in [6.07, 6.45) is 1.97. The topological polar surface area (TPSA) is 30.3 Å². The fourth-order valence-corrected chi connectivity index (χ4v) is 2.78. The molecule has 3 rings (SSSR count). The van der Waals surface area contributed by atoms with E-state index in [4.69, 9.17) is 4.74 Å². The lowest BCUT2D eigenvalue weighted by Gasteiger charge is -2.26. The van der Waals surface area contributed by atoms with Crippen molar-refractivity contribution in [2.45, 2.75) is 32.7 Å². The monoisotopic (exact) mass is 287 g/mol. The second kappa shape index (κ2) is 5.78. The molecule has 114 valence electrons. The van der Waals surface area contributed by atoms with Gasteiger partial charge in [0.15, 0.2) is 0 Å². The fourth-order valence-electron chi connectivity index (χ4n) is 2.78. The Morgan fingerprint density at radius 3 is 2.62 bits per heavy atom. The van der Waals surface area contributed by atoms with Crippen molar-refractivity contribution in [3.8, 4) is 0 Å². The number of imidazole rings is 1. The lowest BCUT2D eigenvalue weighted by molar-refractivity contribution is 0.0365. The first-order valence-electron chi connectivity index (χ1n) is 7.79. The molecule has 0 radical (unpaired) electrons. The Bertz CT molecular complexity index is 606. The van der Waals surface area contributed by atoms with Gasteiger partial charge in [-0.1, -0.05) is 26.8 Å². The molecule has 1 fully saturated rings. The molecule has 0 aliphatic carbocycles. The van der Waals surface area contributed by atoms with Crippen LogP contribution in [0.15, 0.2) is 24.5 Å². The van der Waals surface area contributed by atoms with E-state index in [1.165, 1.54) is 11.1 Å². The summed E-state index contributed by atoms with van der Waals surface area (Å²) >= 11 is 0. The first kappa shape index (κ1) is 14.5. The molecule has 0 N–H and O–H groups in total. The van der Waals surface area contributed by atoms with Gasteiger partial charge in [0.25, 0.3) is 0 Å². The minimum atomic E-state index is 0.174. The molecule has 1 saturated heterocycles. The van der Waals surface area contributed by atoms with Crippen molar-refractivity contribution < 1.29 is 4.74 Å². The number of hydrogen-bond acceptors (Lipinski definition) is 3. The van der Waals surface area contributed by atoms with Gasteiger partial charge in [-0.2, -0.15) is 0 Å². The van der Waals surface area contributed by atoms with E-state index < -0.39 is 0 Å². The Morgan fingerprint density at radius 2 is 1.90 bits per heavy atom. The molecule has 1 aromatic heterocycles. The molecule has 4 heteroatoms. The molecular weight excluding hydrogens is 262 g/mol. The van der Waals surface area contributed by atoms with Crippen molar-refractivity contribution in [3.63, 3.8) is 0 Å². The molecule has 1 aliphatic heterocycles. The van der Waals surface area contributed by atoms with Gasteiger partial charge >= 0.3 is 0 Å². The highest BCUT2D eigenvalue weighted by Gasteiger charge is 2.16. The molecule has 0 bridgehead atoms. The number of benzene rings is 1. The van der Waals surface area contributed by atoms with Gasteiger partial charge in [-0.25, -0.2) is 4.98 Å². The highest BCUT2D eigenvalue weighted by atomic mass is 16.5. The summed E-state index contributed by atoms with van der Waals surface area (Å²) in [6.45, 7) is 12.6. The van der Waals surface area contributed by atoms with Crippen LogP contribution in [0.2, 0.25) is 0 Å². The Hall–Kier alpha value is -1.39. The maximum absolute atomic E-state index is 5.40. The molecule has 0 amide bonds. The van der Waals surface area contributed by atoms with Crippen LogP contribution in [0.1, 0.15) is 26.3 Å². The zero-order chi connectivity index (χ0) is 14.9. The summed E-state index contributed by atoms with van der Waals surface area (Å²) in [4.78, 5) is 6.99. The van der Waals surface area contributed by atoms with Gasteiger partial charge in [-0.15, -0.1) is 0 Å². The second-order valence-corrected chi connectivity index (χ2v) is 6.85. The van der Waals surface area contributed by atoms with Crippen molar-refractivity contribution in [2.75, 3.05) is 32.8 Å². The summed E-state index contributed by atoms with van der Waals surface area (Å²) in [7, 11) is 0. The molecule has 0 spiro atoms. The minimum Gasteiger partial charge on any atom is -0.379 e. The van der Waals surface area contributed by atoms with E-state index in [1.807, 2.05) is 6.33 Å². The van der Waals surface area contributed by atoms with Crippen LogP contribution >= 0.6 is 0 Å². The highest BCUT2D eigenvalue weighted by molar-refractivity contribution is 5.76. The quantitative estimate of drug-likeness (QED) is 0.869. The van der Waals surface area contributed by atoms with E-state index in [1.54, 1.807) is 0 Å². The van der Waals surface area contributed by atoms with Crippen LogP contribution in [-0.2, 0) is 16.7 Å². The van der Waals surface area contributed by atoms with Gasteiger partial charge < -0.3 is 9.30 Å². The summed E-state index contributed by atoms with van der Waals surface area (Å²) < 4.78 is 7.68. The van der Waals surface area contributed by atoms with Gasteiger partial charge in [-0.3, -0.25) is 4.90 Å². The van der Waals surface area contributed by atoms with E-state index in [-0.39, 0.29) is 5.41 Å². The van der Waals surface area contributed by atoms with Gasteiger partial charge in [0.2, 0.25) is 0 Å². The lowest BCUT2D eigenvalue weighted by Crippen LogP contribution is -2.38. The molecular formula is C17H25N3O. The first-order chi connectivity index (χ1) is 10.0. The van der Waals surface area contributed by atoms with Crippen molar-refractivity contribution >= 4 is 11.0 Å². The zero-order valence-electron chi connectivity index (χ0n) is 13.3. The summed E-state index contributed by atoms with van der Waals surface area (Å²) in [5, 5.41) is 0. The van der Waals surface area contributed by atoms with Gasteiger partial charge in [0.05, 0.1) is 30.6 Å². The Labute approximate surface area is 126 Å². The van der Waals surface area contributed by atoms with Crippen LogP contribution in [0.25, 0.3) is 11.0 Å².